The highest BCUT2D eigenvalue weighted by atomic mass is 35.5. The van der Waals surface area contributed by atoms with Crippen LogP contribution in [0.3, 0.4) is 0 Å². The standard InChI is InChI=1S/C14H17N3OS2.2ClH/c1-9-8-17(6-5-15-9)14(18)12-10(2)16-13(20-12)11-4-3-7-19-11;;/h3-4,7,9,15H,5-6,8H2,1-2H3;2*1H. The second-order valence-corrected chi connectivity index (χ2v) is 6.96. The lowest BCUT2D eigenvalue weighted by molar-refractivity contribution is 0.0713. The maximum atomic E-state index is 12.6. The summed E-state index contributed by atoms with van der Waals surface area (Å²) in [6.07, 6.45) is 0. The van der Waals surface area contributed by atoms with Crippen LogP contribution in [-0.4, -0.2) is 41.5 Å². The minimum Gasteiger partial charge on any atom is -0.335 e. The Balaban J connectivity index is 0.00000121. The Labute approximate surface area is 150 Å². The summed E-state index contributed by atoms with van der Waals surface area (Å²) < 4.78 is 0. The molecule has 1 aliphatic heterocycles. The van der Waals surface area contributed by atoms with Crippen molar-refractivity contribution in [1.82, 2.24) is 15.2 Å². The van der Waals surface area contributed by atoms with Crippen LogP contribution in [0.2, 0.25) is 0 Å². The predicted octanol–water partition coefficient (Wildman–Crippen LogP) is 3.46. The lowest BCUT2D eigenvalue weighted by atomic mass is 10.2. The van der Waals surface area contributed by atoms with Gasteiger partial charge in [0.2, 0.25) is 0 Å². The van der Waals surface area contributed by atoms with E-state index in [1.54, 1.807) is 11.3 Å². The molecule has 0 aromatic carbocycles. The number of hydrogen-bond acceptors (Lipinski definition) is 5. The van der Waals surface area contributed by atoms with Gasteiger partial charge in [-0.3, -0.25) is 4.79 Å². The third-order valence-electron chi connectivity index (χ3n) is 3.38. The van der Waals surface area contributed by atoms with Crippen LogP contribution in [0, 0.1) is 6.92 Å². The Hall–Kier alpha value is -0.660. The second-order valence-electron chi connectivity index (χ2n) is 5.02. The molecule has 1 saturated heterocycles. The van der Waals surface area contributed by atoms with Gasteiger partial charge in [0.25, 0.3) is 5.91 Å². The van der Waals surface area contributed by atoms with Crippen LogP contribution in [0.25, 0.3) is 9.88 Å². The molecule has 1 aliphatic rings. The number of amides is 1. The van der Waals surface area contributed by atoms with E-state index in [1.807, 2.05) is 29.3 Å². The van der Waals surface area contributed by atoms with Gasteiger partial charge in [-0.2, -0.15) is 0 Å². The zero-order valence-corrected chi connectivity index (χ0v) is 15.6. The number of aromatic nitrogens is 1. The molecule has 3 heterocycles. The van der Waals surface area contributed by atoms with Gasteiger partial charge in [0.15, 0.2) is 0 Å². The topological polar surface area (TPSA) is 45.2 Å². The second kappa shape index (κ2) is 8.26. The number of thiophene rings is 1. The van der Waals surface area contributed by atoms with Crippen molar-refractivity contribution in [2.45, 2.75) is 19.9 Å². The van der Waals surface area contributed by atoms with Crippen molar-refractivity contribution in [2.75, 3.05) is 19.6 Å². The molecule has 2 aromatic heterocycles. The summed E-state index contributed by atoms with van der Waals surface area (Å²) in [7, 11) is 0. The summed E-state index contributed by atoms with van der Waals surface area (Å²) >= 11 is 3.17. The van der Waals surface area contributed by atoms with Gasteiger partial charge >= 0.3 is 0 Å². The molecule has 122 valence electrons. The number of piperazine rings is 1. The molecule has 1 fully saturated rings. The van der Waals surface area contributed by atoms with Gasteiger partial charge in [0.05, 0.1) is 10.6 Å². The SMILES string of the molecule is Cc1nc(-c2cccs2)sc1C(=O)N1CCNC(C)C1.Cl.Cl. The van der Waals surface area contributed by atoms with Crippen LogP contribution < -0.4 is 5.32 Å². The molecule has 2 aromatic rings. The van der Waals surface area contributed by atoms with E-state index < -0.39 is 0 Å². The fourth-order valence-corrected chi connectivity index (χ4v) is 4.19. The summed E-state index contributed by atoms with van der Waals surface area (Å²) in [6.45, 7) is 6.43. The van der Waals surface area contributed by atoms with Crippen molar-refractivity contribution in [1.29, 1.82) is 0 Å². The quantitative estimate of drug-likeness (QED) is 0.868. The number of hydrogen-bond donors (Lipinski definition) is 1. The van der Waals surface area contributed by atoms with E-state index in [9.17, 15) is 4.79 Å². The van der Waals surface area contributed by atoms with Crippen molar-refractivity contribution < 1.29 is 4.79 Å². The van der Waals surface area contributed by atoms with Gasteiger partial charge in [-0.1, -0.05) is 6.07 Å². The Morgan fingerprint density at radius 3 is 2.86 bits per heavy atom. The third-order valence-corrected chi connectivity index (χ3v) is 5.56. The number of thiazole rings is 1. The largest absolute Gasteiger partial charge is 0.335 e. The third kappa shape index (κ3) is 4.00. The Morgan fingerprint density at radius 1 is 1.45 bits per heavy atom. The first-order valence-corrected chi connectivity index (χ1v) is 8.38. The number of aryl methyl sites for hydroxylation is 1. The molecule has 0 spiro atoms. The van der Waals surface area contributed by atoms with Gasteiger partial charge in [0, 0.05) is 25.7 Å². The molecule has 0 radical (unpaired) electrons. The van der Waals surface area contributed by atoms with E-state index in [1.165, 1.54) is 11.3 Å². The fraction of sp³-hybridized carbons (Fsp3) is 0.429. The maximum Gasteiger partial charge on any atom is 0.265 e. The van der Waals surface area contributed by atoms with Crippen LogP contribution in [0.15, 0.2) is 17.5 Å². The summed E-state index contributed by atoms with van der Waals surface area (Å²) in [5.74, 6) is 0.121. The molecule has 3 rings (SSSR count). The Kier molecular flexibility index (Phi) is 7.28. The molecular weight excluding hydrogens is 361 g/mol. The smallest absolute Gasteiger partial charge is 0.265 e. The van der Waals surface area contributed by atoms with Gasteiger partial charge in [-0.05, 0) is 25.3 Å². The van der Waals surface area contributed by atoms with Crippen LogP contribution >= 0.6 is 47.5 Å². The van der Waals surface area contributed by atoms with Crippen molar-refractivity contribution in [3.8, 4) is 9.88 Å². The van der Waals surface area contributed by atoms with E-state index in [0.29, 0.717) is 6.04 Å². The predicted molar refractivity (Wildman–Crippen MR) is 98.0 cm³/mol. The summed E-state index contributed by atoms with van der Waals surface area (Å²) in [6, 6.07) is 4.41. The Bertz CT molecular complexity index is 616. The van der Waals surface area contributed by atoms with Crippen molar-refractivity contribution in [2.24, 2.45) is 0 Å². The van der Waals surface area contributed by atoms with E-state index in [0.717, 1.165) is 40.1 Å². The number of halogens is 2. The maximum absolute atomic E-state index is 12.6. The molecule has 1 amide bonds. The van der Waals surface area contributed by atoms with Crippen LogP contribution in [0.1, 0.15) is 22.3 Å². The molecule has 0 aliphatic carbocycles. The minimum atomic E-state index is 0. The number of carbonyl (C=O) groups is 1. The number of nitrogens with zero attached hydrogens (tertiary/aromatic N) is 2. The lowest BCUT2D eigenvalue weighted by Gasteiger charge is -2.31. The summed E-state index contributed by atoms with van der Waals surface area (Å²) in [4.78, 5) is 21.0. The number of nitrogens with one attached hydrogen (secondary N) is 1. The van der Waals surface area contributed by atoms with Gasteiger partial charge < -0.3 is 10.2 Å². The van der Waals surface area contributed by atoms with E-state index in [4.69, 9.17) is 0 Å². The molecule has 1 atom stereocenters. The van der Waals surface area contributed by atoms with Crippen molar-refractivity contribution >= 4 is 53.4 Å². The molecule has 22 heavy (non-hydrogen) atoms. The van der Waals surface area contributed by atoms with Crippen LogP contribution in [0.4, 0.5) is 0 Å². The molecule has 0 bridgehead atoms. The minimum absolute atomic E-state index is 0. The lowest BCUT2D eigenvalue weighted by Crippen LogP contribution is -2.51. The monoisotopic (exact) mass is 379 g/mol. The normalized spacial score (nSPS) is 17.5. The first kappa shape index (κ1) is 19.4. The average Bonchev–Trinajstić information content (AvgIpc) is 3.07. The van der Waals surface area contributed by atoms with E-state index in [-0.39, 0.29) is 30.7 Å². The van der Waals surface area contributed by atoms with Gasteiger partial charge in [-0.15, -0.1) is 47.5 Å². The van der Waals surface area contributed by atoms with Gasteiger partial charge in [-0.25, -0.2) is 4.98 Å². The van der Waals surface area contributed by atoms with Crippen LogP contribution in [0.5, 0.6) is 0 Å². The highest BCUT2D eigenvalue weighted by molar-refractivity contribution is 7.22. The summed E-state index contributed by atoms with van der Waals surface area (Å²) in [5.41, 5.74) is 0.842. The molecule has 8 heteroatoms. The van der Waals surface area contributed by atoms with E-state index >= 15 is 0 Å². The molecule has 0 saturated carbocycles. The Morgan fingerprint density at radius 2 is 2.23 bits per heavy atom. The first-order chi connectivity index (χ1) is 9.65. The zero-order valence-electron chi connectivity index (χ0n) is 12.4. The molecule has 1 unspecified atom stereocenters. The molecular formula is C14H19Cl2N3OS2. The van der Waals surface area contributed by atoms with Gasteiger partial charge in [0.1, 0.15) is 9.88 Å². The number of rotatable bonds is 2. The summed E-state index contributed by atoms with van der Waals surface area (Å²) in [5, 5.41) is 6.34. The highest BCUT2D eigenvalue weighted by Crippen LogP contribution is 2.31. The van der Waals surface area contributed by atoms with E-state index in [2.05, 4.69) is 17.2 Å². The zero-order chi connectivity index (χ0) is 14.1. The first-order valence-electron chi connectivity index (χ1n) is 6.69. The highest BCUT2D eigenvalue weighted by Gasteiger charge is 2.25. The van der Waals surface area contributed by atoms with Crippen molar-refractivity contribution in [3.63, 3.8) is 0 Å². The molecule has 1 N–H and O–H groups in total. The average molecular weight is 380 g/mol. The number of carbonyl (C=O) groups excluding carboxylic acids is 1. The fourth-order valence-electron chi connectivity index (χ4n) is 2.36. The van der Waals surface area contributed by atoms with Crippen molar-refractivity contribution in [3.05, 3.63) is 28.1 Å². The molecule has 4 nitrogen and oxygen atoms in total. The van der Waals surface area contributed by atoms with Crippen LogP contribution in [-0.2, 0) is 0 Å².